The Labute approximate surface area is 141 Å². The Kier molecular flexibility index (Phi) is 4.18. The van der Waals surface area contributed by atoms with Gasteiger partial charge in [0.2, 0.25) is 0 Å². The first-order valence-electron chi connectivity index (χ1n) is 8.42. The minimum absolute atomic E-state index is 0.0323. The topological polar surface area (TPSA) is 21.3 Å². The lowest BCUT2D eigenvalue weighted by Gasteiger charge is -2.25. The predicted molar refractivity (Wildman–Crippen MR) is 94.7 cm³/mol. The van der Waals surface area contributed by atoms with Crippen LogP contribution in [0.25, 0.3) is 10.8 Å². The SMILES string of the molecule is Fc1ccc(O[C@@H](c2ccccc2)C2CCNC2)c2ccccc12. The fourth-order valence-electron chi connectivity index (χ4n) is 3.49. The zero-order valence-corrected chi connectivity index (χ0v) is 13.4. The lowest BCUT2D eigenvalue weighted by atomic mass is 9.94. The van der Waals surface area contributed by atoms with E-state index in [1.165, 1.54) is 11.6 Å². The molecule has 3 aromatic rings. The predicted octanol–water partition coefficient (Wildman–Crippen LogP) is 4.71. The lowest BCUT2D eigenvalue weighted by Crippen LogP contribution is -2.21. The average Bonchev–Trinajstić information content (AvgIpc) is 3.17. The Morgan fingerprint density at radius 3 is 2.42 bits per heavy atom. The van der Waals surface area contributed by atoms with Gasteiger partial charge in [0, 0.05) is 23.2 Å². The molecule has 122 valence electrons. The summed E-state index contributed by atoms with van der Waals surface area (Å²) < 4.78 is 20.5. The van der Waals surface area contributed by atoms with Crippen molar-refractivity contribution in [3.63, 3.8) is 0 Å². The number of ether oxygens (including phenoxy) is 1. The molecule has 0 amide bonds. The number of fused-ring (bicyclic) bond motifs is 1. The molecule has 1 N–H and O–H groups in total. The van der Waals surface area contributed by atoms with Crippen molar-refractivity contribution in [1.82, 2.24) is 5.32 Å². The third-order valence-corrected chi connectivity index (χ3v) is 4.74. The van der Waals surface area contributed by atoms with Crippen molar-refractivity contribution in [3.05, 3.63) is 78.1 Å². The summed E-state index contributed by atoms with van der Waals surface area (Å²) in [4.78, 5) is 0. The molecule has 0 aromatic heterocycles. The smallest absolute Gasteiger partial charge is 0.131 e. The monoisotopic (exact) mass is 321 g/mol. The summed E-state index contributed by atoms with van der Waals surface area (Å²) in [7, 11) is 0. The van der Waals surface area contributed by atoms with Crippen LogP contribution in [0.5, 0.6) is 5.75 Å². The maximum absolute atomic E-state index is 14.1. The van der Waals surface area contributed by atoms with Crippen molar-refractivity contribution in [2.45, 2.75) is 12.5 Å². The number of rotatable bonds is 4. The van der Waals surface area contributed by atoms with E-state index in [2.05, 4.69) is 17.4 Å². The Morgan fingerprint density at radius 1 is 0.917 bits per heavy atom. The third kappa shape index (κ3) is 2.87. The molecule has 1 aliphatic rings. The third-order valence-electron chi connectivity index (χ3n) is 4.74. The van der Waals surface area contributed by atoms with E-state index in [4.69, 9.17) is 4.74 Å². The molecule has 1 heterocycles. The Hall–Kier alpha value is -2.39. The summed E-state index contributed by atoms with van der Waals surface area (Å²) in [5, 5.41) is 4.84. The van der Waals surface area contributed by atoms with E-state index >= 15 is 0 Å². The molecule has 0 aliphatic carbocycles. The van der Waals surface area contributed by atoms with E-state index in [9.17, 15) is 4.39 Å². The summed E-state index contributed by atoms with van der Waals surface area (Å²) in [6, 6.07) is 21.0. The van der Waals surface area contributed by atoms with E-state index in [0.29, 0.717) is 11.3 Å². The van der Waals surface area contributed by atoms with Crippen molar-refractivity contribution in [3.8, 4) is 5.75 Å². The summed E-state index contributed by atoms with van der Waals surface area (Å²) in [6.07, 6.45) is 1.05. The van der Waals surface area contributed by atoms with Crippen molar-refractivity contribution < 1.29 is 9.13 Å². The largest absolute Gasteiger partial charge is 0.485 e. The fraction of sp³-hybridized carbons (Fsp3) is 0.238. The molecule has 3 heteroatoms. The van der Waals surface area contributed by atoms with Gasteiger partial charge in [-0.25, -0.2) is 4.39 Å². The van der Waals surface area contributed by atoms with Crippen LogP contribution in [0.2, 0.25) is 0 Å². The Balaban J connectivity index is 1.74. The van der Waals surface area contributed by atoms with Gasteiger partial charge in [0.15, 0.2) is 0 Å². The minimum Gasteiger partial charge on any atom is -0.485 e. The lowest BCUT2D eigenvalue weighted by molar-refractivity contribution is 0.146. The van der Waals surface area contributed by atoms with Gasteiger partial charge in [0.05, 0.1) is 0 Å². The van der Waals surface area contributed by atoms with Gasteiger partial charge in [-0.3, -0.25) is 0 Å². The first-order valence-corrected chi connectivity index (χ1v) is 8.42. The Bertz CT molecular complexity index is 828. The first kappa shape index (κ1) is 15.2. The highest BCUT2D eigenvalue weighted by atomic mass is 19.1. The van der Waals surface area contributed by atoms with Crippen LogP contribution in [-0.2, 0) is 0 Å². The second-order valence-electron chi connectivity index (χ2n) is 6.29. The Morgan fingerprint density at radius 2 is 1.67 bits per heavy atom. The van der Waals surface area contributed by atoms with Crippen LogP contribution in [0.1, 0.15) is 18.1 Å². The van der Waals surface area contributed by atoms with Crippen LogP contribution < -0.4 is 10.1 Å². The number of benzene rings is 3. The minimum atomic E-state index is -0.211. The molecular weight excluding hydrogens is 301 g/mol. The molecule has 2 atom stereocenters. The van der Waals surface area contributed by atoms with Gasteiger partial charge in [0.25, 0.3) is 0 Å². The zero-order valence-electron chi connectivity index (χ0n) is 13.4. The van der Waals surface area contributed by atoms with Gasteiger partial charge in [-0.05, 0) is 30.7 Å². The molecule has 0 spiro atoms. The van der Waals surface area contributed by atoms with E-state index < -0.39 is 0 Å². The highest BCUT2D eigenvalue weighted by molar-refractivity contribution is 5.88. The molecule has 0 saturated carbocycles. The maximum Gasteiger partial charge on any atom is 0.131 e. The summed E-state index contributed by atoms with van der Waals surface area (Å²) >= 11 is 0. The maximum atomic E-state index is 14.1. The first-order chi connectivity index (χ1) is 11.8. The quantitative estimate of drug-likeness (QED) is 0.751. The second kappa shape index (κ2) is 6.62. The highest BCUT2D eigenvalue weighted by Crippen LogP contribution is 2.36. The molecule has 1 fully saturated rings. The summed E-state index contributed by atoms with van der Waals surface area (Å²) in [6.45, 7) is 1.96. The van der Waals surface area contributed by atoms with Crippen molar-refractivity contribution in [1.29, 1.82) is 0 Å². The number of hydrogen-bond donors (Lipinski definition) is 1. The summed E-state index contributed by atoms with van der Waals surface area (Å²) in [5.74, 6) is 0.945. The average molecular weight is 321 g/mol. The fourth-order valence-corrected chi connectivity index (χ4v) is 3.49. The van der Waals surface area contributed by atoms with E-state index in [0.717, 1.165) is 30.6 Å². The van der Waals surface area contributed by atoms with Crippen LogP contribution in [-0.4, -0.2) is 13.1 Å². The van der Waals surface area contributed by atoms with E-state index in [1.54, 1.807) is 12.1 Å². The van der Waals surface area contributed by atoms with Gasteiger partial charge in [-0.15, -0.1) is 0 Å². The molecular formula is C21H20FNO. The molecule has 0 radical (unpaired) electrons. The van der Waals surface area contributed by atoms with Crippen LogP contribution in [0, 0.1) is 11.7 Å². The summed E-state index contributed by atoms with van der Waals surface area (Å²) in [5.41, 5.74) is 1.17. The van der Waals surface area contributed by atoms with Gasteiger partial charge < -0.3 is 10.1 Å². The van der Waals surface area contributed by atoms with E-state index in [1.807, 2.05) is 36.4 Å². The molecule has 1 aliphatic heterocycles. The van der Waals surface area contributed by atoms with Crippen LogP contribution in [0.4, 0.5) is 4.39 Å². The van der Waals surface area contributed by atoms with Gasteiger partial charge in [-0.2, -0.15) is 0 Å². The highest BCUT2D eigenvalue weighted by Gasteiger charge is 2.28. The molecule has 2 nitrogen and oxygen atoms in total. The van der Waals surface area contributed by atoms with E-state index in [-0.39, 0.29) is 11.9 Å². The molecule has 3 aromatic carbocycles. The number of nitrogens with one attached hydrogen (secondary N) is 1. The van der Waals surface area contributed by atoms with Crippen LogP contribution in [0.15, 0.2) is 66.7 Å². The van der Waals surface area contributed by atoms with Crippen molar-refractivity contribution in [2.75, 3.05) is 13.1 Å². The number of halogens is 1. The normalized spacial score (nSPS) is 18.6. The van der Waals surface area contributed by atoms with Crippen molar-refractivity contribution >= 4 is 10.8 Å². The zero-order chi connectivity index (χ0) is 16.4. The molecule has 4 rings (SSSR count). The van der Waals surface area contributed by atoms with Crippen LogP contribution in [0.3, 0.4) is 0 Å². The van der Waals surface area contributed by atoms with Gasteiger partial charge >= 0.3 is 0 Å². The standard InChI is InChI=1S/C21H20FNO/c22-19-10-11-20(18-9-5-4-8-17(18)19)24-21(16-12-13-23-14-16)15-6-2-1-3-7-15/h1-11,16,21,23H,12-14H2/t16?,21-/m0/s1. The second-order valence-corrected chi connectivity index (χ2v) is 6.29. The molecule has 1 unspecified atom stereocenters. The molecule has 24 heavy (non-hydrogen) atoms. The van der Waals surface area contributed by atoms with Crippen molar-refractivity contribution in [2.24, 2.45) is 5.92 Å². The molecule has 1 saturated heterocycles. The van der Waals surface area contributed by atoms with Gasteiger partial charge in [0.1, 0.15) is 17.7 Å². The van der Waals surface area contributed by atoms with Gasteiger partial charge in [-0.1, -0.05) is 54.6 Å². The molecule has 0 bridgehead atoms. The number of hydrogen-bond acceptors (Lipinski definition) is 2. The van der Waals surface area contributed by atoms with Crippen LogP contribution >= 0.6 is 0 Å².